The van der Waals surface area contributed by atoms with Crippen molar-refractivity contribution in [2.75, 3.05) is 26.3 Å². The third kappa shape index (κ3) is 4.08. The molecule has 2 rings (SSSR count). The summed E-state index contributed by atoms with van der Waals surface area (Å²) in [5, 5.41) is 3.04. The van der Waals surface area contributed by atoms with E-state index in [2.05, 4.69) is 21.2 Å². The minimum atomic E-state index is -0.00150. The summed E-state index contributed by atoms with van der Waals surface area (Å²) < 4.78 is 11.4. The number of carbonyl (C=O) groups is 1. The van der Waals surface area contributed by atoms with E-state index in [4.69, 9.17) is 9.47 Å². The average Bonchev–Trinajstić information content (AvgIpc) is 2.54. The zero-order valence-corrected chi connectivity index (χ0v) is 14.1. The van der Waals surface area contributed by atoms with Gasteiger partial charge in [-0.2, -0.15) is 0 Å². The van der Waals surface area contributed by atoms with E-state index in [1.54, 1.807) is 20.2 Å². The van der Waals surface area contributed by atoms with Gasteiger partial charge < -0.3 is 14.8 Å². The molecule has 22 heavy (non-hydrogen) atoms. The van der Waals surface area contributed by atoms with E-state index in [1.165, 1.54) is 0 Å². The van der Waals surface area contributed by atoms with Gasteiger partial charge in [0, 0.05) is 30.7 Å². The van der Waals surface area contributed by atoms with Crippen LogP contribution in [0.2, 0.25) is 0 Å². The van der Waals surface area contributed by atoms with E-state index in [9.17, 15) is 4.79 Å². The molecule has 4 nitrogen and oxygen atoms in total. The third-order valence-electron chi connectivity index (χ3n) is 3.18. The molecule has 0 heterocycles. The molecule has 0 unspecified atom stereocenters. The quantitative estimate of drug-likeness (QED) is 0.598. The SMILES string of the molecule is CNc1cccc(OCOC)c1C(=O)Cc1ccc(Br)cc1. The van der Waals surface area contributed by atoms with Gasteiger partial charge in [-0.1, -0.05) is 34.1 Å². The second-order valence-electron chi connectivity index (χ2n) is 4.71. The fraction of sp³-hybridized carbons (Fsp3) is 0.235. The minimum absolute atomic E-state index is 0.00150. The van der Waals surface area contributed by atoms with Crippen LogP contribution in [-0.4, -0.2) is 26.7 Å². The van der Waals surface area contributed by atoms with Crippen molar-refractivity contribution in [3.63, 3.8) is 0 Å². The van der Waals surface area contributed by atoms with Crippen molar-refractivity contribution in [2.45, 2.75) is 6.42 Å². The molecule has 116 valence electrons. The number of hydrogen-bond donors (Lipinski definition) is 1. The summed E-state index contributed by atoms with van der Waals surface area (Å²) in [6.07, 6.45) is 0.315. The summed E-state index contributed by atoms with van der Waals surface area (Å²) in [5.41, 5.74) is 2.25. The largest absolute Gasteiger partial charge is 0.467 e. The van der Waals surface area contributed by atoms with Crippen molar-refractivity contribution in [1.29, 1.82) is 0 Å². The maximum Gasteiger partial charge on any atom is 0.188 e. The first-order chi connectivity index (χ1) is 10.7. The van der Waals surface area contributed by atoms with E-state index >= 15 is 0 Å². The number of hydrogen-bond acceptors (Lipinski definition) is 4. The van der Waals surface area contributed by atoms with Gasteiger partial charge in [-0.15, -0.1) is 0 Å². The van der Waals surface area contributed by atoms with Crippen molar-refractivity contribution < 1.29 is 14.3 Å². The molecule has 0 fully saturated rings. The predicted octanol–water partition coefficient (Wildman–Crippen LogP) is 3.90. The van der Waals surface area contributed by atoms with Crippen LogP contribution in [0.25, 0.3) is 0 Å². The standard InChI is InChI=1S/C17H18BrNO3/c1-19-14-4-3-5-16(22-11-21-2)17(14)15(20)10-12-6-8-13(18)9-7-12/h3-9,19H,10-11H2,1-2H3. The molecule has 0 amide bonds. The molecule has 0 spiro atoms. The van der Waals surface area contributed by atoms with Crippen LogP contribution in [0.1, 0.15) is 15.9 Å². The molecule has 0 saturated heterocycles. The van der Waals surface area contributed by atoms with Gasteiger partial charge in [0.2, 0.25) is 0 Å². The molecule has 0 radical (unpaired) electrons. The van der Waals surface area contributed by atoms with Crippen molar-refractivity contribution in [3.8, 4) is 5.75 Å². The van der Waals surface area contributed by atoms with E-state index in [0.29, 0.717) is 17.7 Å². The number of halogens is 1. The van der Waals surface area contributed by atoms with Gasteiger partial charge in [-0.05, 0) is 29.8 Å². The molecule has 0 bridgehead atoms. The molecular weight excluding hydrogens is 346 g/mol. The van der Waals surface area contributed by atoms with Gasteiger partial charge >= 0.3 is 0 Å². The molecule has 5 heteroatoms. The third-order valence-corrected chi connectivity index (χ3v) is 3.71. The number of rotatable bonds is 7. The predicted molar refractivity (Wildman–Crippen MR) is 90.7 cm³/mol. The summed E-state index contributed by atoms with van der Waals surface area (Å²) in [7, 11) is 3.33. The Labute approximate surface area is 138 Å². The highest BCUT2D eigenvalue weighted by molar-refractivity contribution is 9.10. The lowest BCUT2D eigenvalue weighted by molar-refractivity contribution is 0.0503. The molecule has 0 aliphatic rings. The summed E-state index contributed by atoms with van der Waals surface area (Å²) in [4.78, 5) is 12.7. The normalized spacial score (nSPS) is 10.3. The Morgan fingerprint density at radius 2 is 1.91 bits per heavy atom. The maximum absolute atomic E-state index is 12.7. The van der Waals surface area contributed by atoms with Gasteiger partial charge in [0.25, 0.3) is 0 Å². The highest BCUT2D eigenvalue weighted by Crippen LogP contribution is 2.28. The van der Waals surface area contributed by atoms with Gasteiger partial charge in [0.1, 0.15) is 5.75 Å². The number of methoxy groups -OCH3 is 1. The second-order valence-corrected chi connectivity index (χ2v) is 5.62. The molecule has 0 atom stereocenters. The molecular formula is C17H18BrNO3. The summed E-state index contributed by atoms with van der Waals surface area (Å²) >= 11 is 3.39. The topological polar surface area (TPSA) is 47.6 Å². The smallest absolute Gasteiger partial charge is 0.188 e. The van der Waals surface area contributed by atoms with Crippen LogP contribution in [0.5, 0.6) is 5.75 Å². The number of ether oxygens (including phenoxy) is 2. The van der Waals surface area contributed by atoms with Crippen LogP contribution >= 0.6 is 15.9 Å². The second kappa shape index (κ2) is 7.96. The molecule has 2 aromatic carbocycles. The van der Waals surface area contributed by atoms with Crippen molar-refractivity contribution in [3.05, 3.63) is 58.1 Å². The van der Waals surface area contributed by atoms with Crippen LogP contribution in [0, 0.1) is 0 Å². The average molecular weight is 364 g/mol. The number of nitrogens with one attached hydrogen (secondary N) is 1. The van der Waals surface area contributed by atoms with Crippen molar-refractivity contribution in [1.82, 2.24) is 0 Å². The number of benzene rings is 2. The maximum atomic E-state index is 12.7. The van der Waals surface area contributed by atoms with Crippen LogP contribution in [0.3, 0.4) is 0 Å². The Kier molecular flexibility index (Phi) is 5.98. The highest BCUT2D eigenvalue weighted by atomic mass is 79.9. The summed E-state index contributed by atoms with van der Waals surface area (Å²) in [5.74, 6) is 0.522. The number of anilines is 1. The zero-order chi connectivity index (χ0) is 15.9. The zero-order valence-electron chi connectivity index (χ0n) is 12.6. The van der Waals surface area contributed by atoms with E-state index in [1.807, 2.05) is 36.4 Å². The van der Waals surface area contributed by atoms with Gasteiger partial charge in [-0.25, -0.2) is 0 Å². The van der Waals surface area contributed by atoms with Crippen LogP contribution in [-0.2, 0) is 11.2 Å². The Hall–Kier alpha value is -1.85. The lowest BCUT2D eigenvalue weighted by atomic mass is 10.0. The molecule has 0 aliphatic carbocycles. The van der Waals surface area contributed by atoms with Crippen molar-refractivity contribution in [2.24, 2.45) is 0 Å². The van der Waals surface area contributed by atoms with E-state index in [-0.39, 0.29) is 12.6 Å². The highest BCUT2D eigenvalue weighted by Gasteiger charge is 2.17. The van der Waals surface area contributed by atoms with Gasteiger partial charge in [0.05, 0.1) is 5.56 Å². The Balaban J connectivity index is 2.28. The van der Waals surface area contributed by atoms with E-state index < -0.39 is 0 Å². The first-order valence-corrected chi connectivity index (χ1v) is 7.65. The molecule has 0 aromatic heterocycles. The lowest BCUT2D eigenvalue weighted by Crippen LogP contribution is -2.11. The van der Waals surface area contributed by atoms with Crippen LogP contribution in [0.15, 0.2) is 46.9 Å². The number of Topliss-reactive ketones (excluding diaryl/α,β-unsaturated/α-hetero) is 1. The first kappa shape index (κ1) is 16.5. The van der Waals surface area contributed by atoms with E-state index in [0.717, 1.165) is 15.7 Å². The van der Waals surface area contributed by atoms with Crippen LogP contribution < -0.4 is 10.1 Å². The monoisotopic (exact) mass is 363 g/mol. The van der Waals surface area contributed by atoms with Gasteiger partial charge in [0.15, 0.2) is 12.6 Å². The fourth-order valence-electron chi connectivity index (χ4n) is 2.15. The Morgan fingerprint density at radius 1 is 1.18 bits per heavy atom. The molecule has 0 aliphatic heterocycles. The molecule has 1 N–H and O–H groups in total. The summed E-state index contributed by atoms with van der Waals surface area (Å²) in [6.45, 7) is 0.103. The molecule has 2 aromatic rings. The van der Waals surface area contributed by atoms with Gasteiger partial charge in [-0.3, -0.25) is 4.79 Å². The fourth-order valence-corrected chi connectivity index (χ4v) is 2.41. The van der Waals surface area contributed by atoms with Crippen molar-refractivity contribution >= 4 is 27.4 Å². The first-order valence-electron chi connectivity index (χ1n) is 6.86. The Morgan fingerprint density at radius 3 is 2.55 bits per heavy atom. The Bertz CT molecular complexity index is 641. The lowest BCUT2D eigenvalue weighted by Gasteiger charge is -2.14. The number of carbonyl (C=O) groups excluding carboxylic acids is 1. The molecule has 0 saturated carbocycles. The number of ketones is 1. The van der Waals surface area contributed by atoms with Crippen LogP contribution in [0.4, 0.5) is 5.69 Å². The minimum Gasteiger partial charge on any atom is -0.467 e. The summed E-state index contributed by atoms with van der Waals surface area (Å²) in [6, 6.07) is 13.2.